The number of hydrogen-bond donors (Lipinski definition) is 2. The van der Waals surface area contributed by atoms with Crippen molar-refractivity contribution in [3.8, 4) is 5.88 Å². The molecule has 0 aliphatic rings. The summed E-state index contributed by atoms with van der Waals surface area (Å²) in [5.41, 5.74) is -0.161. The highest BCUT2D eigenvalue weighted by Gasteiger charge is 2.19. The van der Waals surface area contributed by atoms with Crippen LogP contribution in [0.2, 0.25) is 0 Å². The number of aliphatic hydroxyl groups is 1. The first-order valence-corrected chi connectivity index (χ1v) is 4.58. The average molecular weight is 213 g/mol. The zero-order valence-electron chi connectivity index (χ0n) is 9.02. The van der Waals surface area contributed by atoms with Gasteiger partial charge in [0.15, 0.2) is 0 Å². The van der Waals surface area contributed by atoms with Gasteiger partial charge in [-0.2, -0.15) is 0 Å². The van der Waals surface area contributed by atoms with E-state index in [1.165, 1.54) is 12.3 Å². The zero-order valence-corrected chi connectivity index (χ0v) is 9.02. The summed E-state index contributed by atoms with van der Waals surface area (Å²) < 4.78 is 6.00. The van der Waals surface area contributed by atoms with Gasteiger partial charge < -0.3 is 14.9 Å². The van der Waals surface area contributed by atoms with Crippen molar-refractivity contribution >= 4 is 6.09 Å². The van der Waals surface area contributed by atoms with E-state index in [0.717, 1.165) is 4.57 Å². The van der Waals surface area contributed by atoms with E-state index >= 15 is 0 Å². The summed E-state index contributed by atoms with van der Waals surface area (Å²) in [7, 11) is 0. The fourth-order valence-corrected chi connectivity index (χ4v) is 1.05. The molecule has 15 heavy (non-hydrogen) atoms. The third-order valence-corrected chi connectivity index (χ3v) is 1.63. The Bertz CT molecular complexity index is 362. The second-order valence-electron chi connectivity index (χ2n) is 4.22. The molecule has 0 fully saturated rings. The zero-order chi connectivity index (χ0) is 11.6. The summed E-state index contributed by atoms with van der Waals surface area (Å²) >= 11 is 0. The minimum absolute atomic E-state index is 0.233. The number of aromatic hydroxyl groups is 1. The maximum atomic E-state index is 11.5. The van der Waals surface area contributed by atoms with Gasteiger partial charge in [-0.15, -0.1) is 0 Å². The monoisotopic (exact) mass is 213 g/mol. The Morgan fingerprint density at radius 3 is 2.53 bits per heavy atom. The molecule has 84 valence electrons. The summed E-state index contributed by atoms with van der Waals surface area (Å²) in [4.78, 5) is 11.5. The largest absolute Gasteiger partial charge is 0.494 e. The Morgan fingerprint density at radius 1 is 1.53 bits per heavy atom. The quantitative estimate of drug-likeness (QED) is 0.741. The van der Waals surface area contributed by atoms with Gasteiger partial charge in [0.2, 0.25) is 5.88 Å². The first kappa shape index (κ1) is 11.6. The van der Waals surface area contributed by atoms with Crippen molar-refractivity contribution < 1.29 is 19.7 Å². The molecule has 0 saturated carbocycles. The van der Waals surface area contributed by atoms with E-state index in [2.05, 4.69) is 0 Å². The number of carbonyl (C=O) groups is 1. The minimum atomic E-state index is -0.667. The van der Waals surface area contributed by atoms with Crippen LogP contribution in [-0.4, -0.2) is 26.5 Å². The summed E-state index contributed by atoms with van der Waals surface area (Å²) in [6.45, 7) is 4.97. The van der Waals surface area contributed by atoms with E-state index in [1.807, 2.05) is 0 Å². The van der Waals surface area contributed by atoms with Crippen molar-refractivity contribution in [3.05, 3.63) is 17.8 Å². The molecule has 0 aliphatic heterocycles. The van der Waals surface area contributed by atoms with Crippen LogP contribution in [0.3, 0.4) is 0 Å². The van der Waals surface area contributed by atoms with Crippen LogP contribution in [0.4, 0.5) is 4.79 Å². The maximum absolute atomic E-state index is 11.5. The van der Waals surface area contributed by atoms with Gasteiger partial charge in [-0.25, -0.2) is 9.36 Å². The van der Waals surface area contributed by atoms with E-state index < -0.39 is 11.7 Å². The van der Waals surface area contributed by atoms with Crippen LogP contribution < -0.4 is 0 Å². The van der Waals surface area contributed by atoms with Gasteiger partial charge in [0.1, 0.15) is 5.60 Å². The van der Waals surface area contributed by atoms with Crippen LogP contribution in [0, 0.1) is 0 Å². The molecule has 5 nitrogen and oxygen atoms in total. The lowest BCUT2D eigenvalue weighted by Gasteiger charge is -2.19. The molecule has 1 heterocycles. The van der Waals surface area contributed by atoms with Crippen molar-refractivity contribution in [2.75, 3.05) is 0 Å². The van der Waals surface area contributed by atoms with Crippen LogP contribution in [0.5, 0.6) is 5.88 Å². The molecular weight excluding hydrogens is 198 g/mol. The molecule has 0 unspecified atom stereocenters. The number of carbonyl (C=O) groups excluding carboxylic acids is 1. The second kappa shape index (κ2) is 3.94. The Hall–Kier alpha value is -1.49. The lowest BCUT2D eigenvalue weighted by Crippen LogP contribution is -2.26. The molecule has 0 aliphatic carbocycles. The van der Waals surface area contributed by atoms with Crippen molar-refractivity contribution in [3.63, 3.8) is 0 Å². The molecule has 1 aromatic rings. The lowest BCUT2D eigenvalue weighted by molar-refractivity contribution is 0.0525. The van der Waals surface area contributed by atoms with Crippen LogP contribution in [0.15, 0.2) is 12.3 Å². The standard InChI is InChI=1S/C10H15NO4/c1-10(2,3)15-9(14)11-5-7(6-12)4-8(11)13/h4-5,12-13H,6H2,1-3H3. The lowest BCUT2D eigenvalue weighted by atomic mass is 10.2. The minimum Gasteiger partial charge on any atom is -0.494 e. The first-order valence-electron chi connectivity index (χ1n) is 4.58. The van der Waals surface area contributed by atoms with Crippen LogP contribution in [0.25, 0.3) is 0 Å². The normalized spacial score (nSPS) is 11.5. The molecule has 1 aromatic heterocycles. The Balaban J connectivity index is 2.87. The Labute approximate surface area is 87.9 Å². The van der Waals surface area contributed by atoms with Gasteiger partial charge in [0, 0.05) is 12.3 Å². The van der Waals surface area contributed by atoms with Gasteiger partial charge >= 0.3 is 6.09 Å². The van der Waals surface area contributed by atoms with Crippen molar-refractivity contribution in [1.82, 2.24) is 4.57 Å². The molecule has 0 radical (unpaired) electrons. The fraction of sp³-hybridized carbons (Fsp3) is 0.500. The number of rotatable bonds is 1. The van der Waals surface area contributed by atoms with E-state index in [0.29, 0.717) is 5.56 Å². The smallest absolute Gasteiger partial charge is 0.421 e. The number of hydrogen-bond acceptors (Lipinski definition) is 4. The molecule has 0 bridgehead atoms. The predicted molar refractivity (Wildman–Crippen MR) is 53.7 cm³/mol. The number of ether oxygens (including phenoxy) is 1. The third-order valence-electron chi connectivity index (χ3n) is 1.63. The molecule has 0 aromatic carbocycles. The van der Waals surface area contributed by atoms with Gasteiger partial charge in [0.25, 0.3) is 0 Å². The second-order valence-corrected chi connectivity index (χ2v) is 4.22. The van der Waals surface area contributed by atoms with E-state index in [9.17, 15) is 9.90 Å². The van der Waals surface area contributed by atoms with Crippen molar-refractivity contribution in [2.24, 2.45) is 0 Å². The van der Waals surface area contributed by atoms with Crippen LogP contribution >= 0.6 is 0 Å². The molecular formula is C10H15NO4. The van der Waals surface area contributed by atoms with E-state index in [4.69, 9.17) is 9.84 Å². The van der Waals surface area contributed by atoms with Gasteiger partial charge in [0.05, 0.1) is 6.61 Å². The highest BCUT2D eigenvalue weighted by molar-refractivity contribution is 5.73. The fourth-order valence-electron chi connectivity index (χ4n) is 1.05. The molecule has 1 rings (SSSR count). The average Bonchev–Trinajstić information content (AvgIpc) is 2.43. The van der Waals surface area contributed by atoms with Crippen molar-refractivity contribution in [1.29, 1.82) is 0 Å². The van der Waals surface area contributed by atoms with E-state index in [1.54, 1.807) is 20.8 Å². The number of nitrogens with zero attached hydrogens (tertiary/aromatic N) is 1. The molecule has 2 N–H and O–H groups in total. The van der Waals surface area contributed by atoms with Gasteiger partial charge in [-0.3, -0.25) is 0 Å². The number of aliphatic hydroxyl groups excluding tert-OH is 1. The van der Waals surface area contributed by atoms with Crippen LogP contribution in [-0.2, 0) is 11.3 Å². The molecule has 0 spiro atoms. The highest BCUT2D eigenvalue weighted by atomic mass is 16.6. The van der Waals surface area contributed by atoms with Crippen LogP contribution in [0.1, 0.15) is 26.3 Å². The Kier molecular flexibility index (Phi) is 3.04. The molecule has 5 heteroatoms. The number of aromatic nitrogens is 1. The molecule has 0 atom stereocenters. The highest BCUT2D eigenvalue weighted by Crippen LogP contribution is 2.17. The topological polar surface area (TPSA) is 71.7 Å². The first-order chi connectivity index (χ1) is 6.83. The maximum Gasteiger partial charge on any atom is 0.421 e. The molecule has 0 saturated heterocycles. The summed E-state index contributed by atoms with van der Waals surface area (Å²) in [5, 5.41) is 18.2. The van der Waals surface area contributed by atoms with Gasteiger partial charge in [-0.05, 0) is 26.3 Å². The summed E-state index contributed by atoms with van der Waals surface area (Å²) in [6, 6.07) is 1.31. The summed E-state index contributed by atoms with van der Waals surface area (Å²) in [6.07, 6.45) is 0.670. The summed E-state index contributed by atoms with van der Waals surface area (Å²) in [5.74, 6) is -0.242. The molecule has 0 amide bonds. The Morgan fingerprint density at radius 2 is 2.13 bits per heavy atom. The van der Waals surface area contributed by atoms with Gasteiger partial charge in [-0.1, -0.05) is 0 Å². The predicted octanol–water partition coefficient (Wildman–Crippen LogP) is 1.47. The van der Waals surface area contributed by atoms with Crippen molar-refractivity contribution in [2.45, 2.75) is 33.0 Å². The van der Waals surface area contributed by atoms with E-state index in [-0.39, 0.29) is 12.5 Å². The SMILES string of the molecule is CC(C)(C)OC(=O)n1cc(CO)cc1O. The third kappa shape index (κ3) is 2.99.